The first-order valence-electron chi connectivity index (χ1n) is 10.1. The van der Waals surface area contributed by atoms with E-state index in [0.29, 0.717) is 41.5 Å². The Balaban J connectivity index is 1.52. The molecule has 5 rings (SSSR count). The van der Waals surface area contributed by atoms with E-state index in [-0.39, 0.29) is 11.6 Å². The highest BCUT2D eigenvalue weighted by atomic mass is 19.1. The van der Waals surface area contributed by atoms with E-state index in [1.807, 2.05) is 17.0 Å². The van der Waals surface area contributed by atoms with Gasteiger partial charge < -0.3 is 15.0 Å². The maximum Gasteiger partial charge on any atom is 0.253 e. The van der Waals surface area contributed by atoms with Crippen molar-refractivity contribution in [1.82, 2.24) is 34.6 Å². The van der Waals surface area contributed by atoms with Crippen LogP contribution in [0.4, 0.5) is 10.2 Å². The van der Waals surface area contributed by atoms with Gasteiger partial charge >= 0.3 is 0 Å². The molecular formula is C20H21FN8O2. The van der Waals surface area contributed by atoms with Crippen molar-refractivity contribution in [2.45, 2.75) is 38.5 Å². The van der Waals surface area contributed by atoms with E-state index in [0.717, 1.165) is 19.0 Å². The molecule has 2 atom stereocenters. The Morgan fingerprint density at radius 3 is 3.10 bits per heavy atom. The van der Waals surface area contributed by atoms with Gasteiger partial charge in [0, 0.05) is 18.3 Å². The number of rotatable bonds is 5. The van der Waals surface area contributed by atoms with Crippen LogP contribution in [0.2, 0.25) is 0 Å². The van der Waals surface area contributed by atoms with Crippen molar-refractivity contribution in [1.29, 1.82) is 0 Å². The first-order valence-corrected chi connectivity index (χ1v) is 10.1. The fourth-order valence-electron chi connectivity index (χ4n) is 4.05. The van der Waals surface area contributed by atoms with Crippen LogP contribution in [0.1, 0.15) is 31.4 Å². The summed E-state index contributed by atoms with van der Waals surface area (Å²) in [6.07, 6.45) is 5.52. The molecule has 1 fully saturated rings. The number of imidazole rings is 1. The van der Waals surface area contributed by atoms with Crippen LogP contribution in [0.15, 0.2) is 41.6 Å². The third-order valence-corrected chi connectivity index (χ3v) is 5.40. The first kappa shape index (κ1) is 19.4. The smallest absolute Gasteiger partial charge is 0.253 e. The van der Waals surface area contributed by atoms with Crippen LogP contribution in [0.25, 0.3) is 17.0 Å². The van der Waals surface area contributed by atoms with Gasteiger partial charge in [0.1, 0.15) is 23.0 Å². The normalized spacial score (nSPS) is 17.5. The molecule has 2 N–H and O–H groups in total. The van der Waals surface area contributed by atoms with Crippen LogP contribution in [0.3, 0.4) is 0 Å². The van der Waals surface area contributed by atoms with Crippen LogP contribution in [0.5, 0.6) is 0 Å². The summed E-state index contributed by atoms with van der Waals surface area (Å²) in [4.78, 5) is 21.2. The number of aliphatic hydroxyl groups is 1. The molecule has 1 aliphatic heterocycles. The van der Waals surface area contributed by atoms with Gasteiger partial charge in [-0.15, -0.1) is 10.2 Å². The number of nitrogens with one attached hydrogen (secondary N) is 1. The Morgan fingerprint density at radius 1 is 1.39 bits per heavy atom. The molecule has 10 nitrogen and oxygen atoms in total. The van der Waals surface area contributed by atoms with E-state index in [9.17, 15) is 14.3 Å². The SMILES string of the molecule is C[C@@H](O)Cn1cc(-c2cnc3ccc(N4CCC[C@@H]4c4cc(F)c[nH]c4=O)nn23)nn1. The van der Waals surface area contributed by atoms with Crippen molar-refractivity contribution in [3.05, 3.63) is 58.5 Å². The van der Waals surface area contributed by atoms with Crippen LogP contribution < -0.4 is 10.5 Å². The monoisotopic (exact) mass is 424 g/mol. The zero-order valence-corrected chi connectivity index (χ0v) is 16.8. The second-order valence-electron chi connectivity index (χ2n) is 7.73. The molecule has 1 saturated heterocycles. The van der Waals surface area contributed by atoms with Gasteiger partial charge in [-0.3, -0.25) is 4.79 Å². The standard InChI is InChI=1S/C20H21FN8O2/c1-12(30)10-27-11-15(24-26-27)17-9-22-18-4-5-19(25-29(17)18)28-6-2-3-16(28)14-7-13(21)8-23-20(14)31/h4-5,7-9,11-12,16,30H,2-3,6,10H2,1H3,(H,23,31)/t12-,16-/m1/s1. The lowest BCUT2D eigenvalue weighted by atomic mass is 10.1. The van der Waals surface area contributed by atoms with Crippen LogP contribution in [0, 0.1) is 5.82 Å². The number of H-pyrrole nitrogens is 1. The molecule has 0 aromatic carbocycles. The van der Waals surface area contributed by atoms with E-state index in [2.05, 4.69) is 20.3 Å². The highest BCUT2D eigenvalue weighted by molar-refractivity contribution is 5.59. The lowest BCUT2D eigenvalue weighted by molar-refractivity contribution is 0.167. The van der Waals surface area contributed by atoms with Gasteiger partial charge in [0.15, 0.2) is 5.65 Å². The predicted molar refractivity (Wildman–Crippen MR) is 110 cm³/mol. The van der Waals surface area contributed by atoms with Gasteiger partial charge in [0.2, 0.25) is 0 Å². The number of aliphatic hydroxyl groups excluding tert-OH is 1. The van der Waals surface area contributed by atoms with Crippen molar-refractivity contribution in [3.63, 3.8) is 0 Å². The number of fused-ring (bicyclic) bond motifs is 1. The van der Waals surface area contributed by atoms with Crippen molar-refractivity contribution in [2.75, 3.05) is 11.4 Å². The van der Waals surface area contributed by atoms with E-state index < -0.39 is 11.9 Å². The van der Waals surface area contributed by atoms with Crippen LogP contribution >= 0.6 is 0 Å². The average molecular weight is 424 g/mol. The molecule has 0 bridgehead atoms. The number of hydrogen-bond donors (Lipinski definition) is 2. The van der Waals surface area contributed by atoms with E-state index in [4.69, 9.17) is 5.10 Å². The summed E-state index contributed by atoms with van der Waals surface area (Å²) in [7, 11) is 0. The molecule has 0 amide bonds. The summed E-state index contributed by atoms with van der Waals surface area (Å²) in [6.45, 7) is 2.72. The van der Waals surface area contributed by atoms with Gasteiger partial charge in [-0.2, -0.15) is 0 Å². The molecule has 0 spiro atoms. The first-order chi connectivity index (χ1) is 15.0. The predicted octanol–water partition coefficient (Wildman–Crippen LogP) is 1.54. The lowest BCUT2D eigenvalue weighted by Crippen LogP contribution is -2.29. The summed E-state index contributed by atoms with van der Waals surface area (Å²) in [5.41, 5.74) is 1.98. The molecule has 0 aliphatic carbocycles. The minimum Gasteiger partial charge on any atom is -0.391 e. The van der Waals surface area contributed by atoms with E-state index in [1.54, 1.807) is 28.5 Å². The van der Waals surface area contributed by atoms with Crippen LogP contribution in [-0.4, -0.2) is 52.3 Å². The van der Waals surface area contributed by atoms with Crippen molar-refractivity contribution in [2.24, 2.45) is 0 Å². The highest BCUT2D eigenvalue weighted by Gasteiger charge is 2.30. The number of halogens is 1. The Hall–Kier alpha value is -3.60. The molecule has 31 heavy (non-hydrogen) atoms. The van der Waals surface area contributed by atoms with Gasteiger partial charge in [0.25, 0.3) is 5.56 Å². The largest absolute Gasteiger partial charge is 0.391 e. The van der Waals surface area contributed by atoms with Gasteiger partial charge in [-0.1, -0.05) is 5.21 Å². The average Bonchev–Trinajstić information content (AvgIpc) is 3.47. The second kappa shape index (κ2) is 7.58. The Labute approximate surface area is 176 Å². The number of anilines is 1. The number of nitrogens with zero attached hydrogens (tertiary/aromatic N) is 7. The van der Waals surface area contributed by atoms with Crippen molar-refractivity contribution in [3.8, 4) is 11.4 Å². The molecule has 4 aromatic rings. The minimum absolute atomic E-state index is 0.261. The molecular weight excluding hydrogens is 403 g/mol. The maximum atomic E-state index is 13.8. The minimum atomic E-state index is -0.542. The summed E-state index contributed by atoms with van der Waals surface area (Å²) in [5, 5.41) is 22.5. The molecule has 4 aromatic heterocycles. The summed E-state index contributed by atoms with van der Waals surface area (Å²) in [5.74, 6) is 0.191. The zero-order chi connectivity index (χ0) is 21.5. The quantitative estimate of drug-likeness (QED) is 0.499. The molecule has 0 radical (unpaired) electrons. The summed E-state index contributed by atoms with van der Waals surface area (Å²) < 4.78 is 17.0. The fraction of sp³-hybridized carbons (Fsp3) is 0.350. The third kappa shape index (κ3) is 3.56. The molecule has 5 heterocycles. The van der Waals surface area contributed by atoms with Crippen molar-refractivity contribution < 1.29 is 9.50 Å². The fourth-order valence-corrected chi connectivity index (χ4v) is 4.05. The second-order valence-corrected chi connectivity index (χ2v) is 7.73. The third-order valence-electron chi connectivity index (χ3n) is 5.40. The van der Waals surface area contributed by atoms with Crippen LogP contribution in [-0.2, 0) is 6.54 Å². The van der Waals surface area contributed by atoms with E-state index >= 15 is 0 Å². The molecule has 160 valence electrons. The van der Waals surface area contributed by atoms with Gasteiger partial charge in [0.05, 0.1) is 31.1 Å². The summed E-state index contributed by atoms with van der Waals surface area (Å²) in [6, 6.07) is 4.73. The zero-order valence-electron chi connectivity index (χ0n) is 16.8. The Bertz CT molecular complexity index is 1290. The molecule has 0 unspecified atom stereocenters. The molecule has 0 saturated carbocycles. The van der Waals surface area contributed by atoms with Crippen molar-refractivity contribution >= 4 is 11.5 Å². The Morgan fingerprint density at radius 2 is 2.26 bits per heavy atom. The summed E-state index contributed by atoms with van der Waals surface area (Å²) >= 11 is 0. The van der Waals surface area contributed by atoms with Gasteiger partial charge in [-0.25, -0.2) is 18.6 Å². The number of aromatic amines is 1. The number of aromatic nitrogens is 7. The Kier molecular flexibility index (Phi) is 4.74. The number of hydrogen-bond acceptors (Lipinski definition) is 7. The van der Waals surface area contributed by atoms with E-state index in [1.165, 1.54) is 6.07 Å². The van der Waals surface area contributed by atoms with Gasteiger partial charge in [-0.05, 0) is 38.0 Å². The highest BCUT2D eigenvalue weighted by Crippen LogP contribution is 2.34. The molecule has 11 heteroatoms. The lowest BCUT2D eigenvalue weighted by Gasteiger charge is -2.25. The maximum absolute atomic E-state index is 13.8. The number of pyridine rings is 1. The topological polar surface area (TPSA) is 117 Å². The molecule has 1 aliphatic rings.